The van der Waals surface area contributed by atoms with Crippen molar-refractivity contribution < 1.29 is 4.74 Å². The molecule has 0 radical (unpaired) electrons. The molecule has 1 aromatic rings. The van der Waals surface area contributed by atoms with Crippen LogP contribution in [0.25, 0.3) is 0 Å². The minimum absolute atomic E-state index is 0.427. The van der Waals surface area contributed by atoms with Gasteiger partial charge in [0.05, 0.1) is 13.2 Å². The number of nitrogens with two attached hydrogens (primary N) is 1. The Kier molecular flexibility index (Phi) is 4.54. The van der Waals surface area contributed by atoms with Crippen LogP contribution in [0.1, 0.15) is 12.5 Å². The van der Waals surface area contributed by atoms with Gasteiger partial charge in [0, 0.05) is 25.2 Å². The monoisotopic (exact) mass is 234 g/mol. The van der Waals surface area contributed by atoms with Crippen LogP contribution >= 0.6 is 0 Å². The molecule has 1 aliphatic heterocycles. The highest BCUT2D eigenvalue weighted by Crippen LogP contribution is 2.14. The van der Waals surface area contributed by atoms with Crippen LogP contribution in [0, 0.1) is 0 Å². The lowest BCUT2D eigenvalue weighted by Gasteiger charge is -2.39. The van der Waals surface area contributed by atoms with Crippen LogP contribution in [0.2, 0.25) is 0 Å². The summed E-state index contributed by atoms with van der Waals surface area (Å²) in [6, 6.07) is 11.5. The number of hydrogen-bond acceptors (Lipinski definition) is 3. The molecule has 0 bridgehead atoms. The quantitative estimate of drug-likeness (QED) is 0.853. The second kappa shape index (κ2) is 6.15. The minimum atomic E-state index is 0.427. The van der Waals surface area contributed by atoms with E-state index in [0.717, 1.165) is 26.2 Å². The molecular formula is C14H22N2O. The van der Waals surface area contributed by atoms with Gasteiger partial charge in [-0.05, 0) is 18.9 Å². The first-order chi connectivity index (χ1) is 8.31. The Hall–Kier alpha value is -0.900. The maximum Gasteiger partial charge on any atom is 0.0619 e. The summed E-state index contributed by atoms with van der Waals surface area (Å²) in [6.45, 7) is 5.57. The summed E-state index contributed by atoms with van der Waals surface area (Å²) in [5.41, 5.74) is 7.29. The summed E-state index contributed by atoms with van der Waals surface area (Å²) in [5, 5.41) is 0. The Morgan fingerprint density at radius 2 is 2.18 bits per heavy atom. The Bertz CT molecular complexity index is 328. The Morgan fingerprint density at radius 3 is 2.82 bits per heavy atom. The van der Waals surface area contributed by atoms with Gasteiger partial charge >= 0.3 is 0 Å². The van der Waals surface area contributed by atoms with E-state index in [2.05, 4.69) is 42.2 Å². The first kappa shape index (κ1) is 12.6. The molecule has 3 nitrogen and oxygen atoms in total. The SMILES string of the molecule is CC1COCCN1C(CN)Cc1ccccc1. The van der Waals surface area contributed by atoms with Gasteiger partial charge in [0.1, 0.15) is 0 Å². The van der Waals surface area contributed by atoms with Gasteiger partial charge in [-0.15, -0.1) is 0 Å². The lowest BCUT2D eigenvalue weighted by Crippen LogP contribution is -2.52. The van der Waals surface area contributed by atoms with Gasteiger partial charge < -0.3 is 10.5 Å². The van der Waals surface area contributed by atoms with Crippen molar-refractivity contribution >= 4 is 0 Å². The van der Waals surface area contributed by atoms with Crippen LogP contribution in [-0.4, -0.2) is 43.3 Å². The highest BCUT2D eigenvalue weighted by molar-refractivity contribution is 5.16. The van der Waals surface area contributed by atoms with E-state index in [1.54, 1.807) is 0 Å². The predicted molar refractivity (Wildman–Crippen MR) is 70.0 cm³/mol. The van der Waals surface area contributed by atoms with Gasteiger partial charge in [-0.2, -0.15) is 0 Å². The molecule has 1 aliphatic rings. The normalized spacial score (nSPS) is 23.5. The van der Waals surface area contributed by atoms with Gasteiger partial charge in [0.15, 0.2) is 0 Å². The Labute approximate surface area is 104 Å². The van der Waals surface area contributed by atoms with Crippen molar-refractivity contribution in [3.8, 4) is 0 Å². The van der Waals surface area contributed by atoms with Crippen molar-refractivity contribution in [2.45, 2.75) is 25.4 Å². The van der Waals surface area contributed by atoms with Gasteiger partial charge in [-0.1, -0.05) is 30.3 Å². The molecular weight excluding hydrogens is 212 g/mol. The van der Waals surface area contributed by atoms with Gasteiger partial charge in [0.2, 0.25) is 0 Å². The molecule has 94 valence electrons. The standard InChI is InChI=1S/C14H22N2O/c1-12-11-17-8-7-16(12)14(10-15)9-13-5-3-2-4-6-13/h2-6,12,14H,7-11,15H2,1H3. The topological polar surface area (TPSA) is 38.5 Å². The van der Waals surface area contributed by atoms with Crippen molar-refractivity contribution in [2.24, 2.45) is 5.73 Å². The number of morpholine rings is 1. The zero-order chi connectivity index (χ0) is 12.1. The molecule has 0 saturated carbocycles. The summed E-state index contributed by atoms with van der Waals surface area (Å²) < 4.78 is 5.47. The second-order valence-electron chi connectivity index (χ2n) is 4.74. The maximum atomic E-state index is 5.93. The number of rotatable bonds is 4. The molecule has 2 N–H and O–H groups in total. The van der Waals surface area contributed by atoms with Gasteiger partial charge in [0.25, 0.3) is 0 Å². The predicted octanol–water partition coefficient (Wildman–Crippen LogP) is 1.28. The maximum absolute atomic E-state index is 5.93. The molecule has 1 aromatic carbocycles. The Morgan fingerprint density at radius 1 is 1.41 bits per heavy atom. The van der Waals surface area contributed by atoms with Crippen molar-refractivity contribution in [1.29, 1.82) is 0 Å². The first-order valence-electron chi connectivity index (χ1n) is 6.38. The van der Waals surface area contributed by atoms with Crippen LogP contribution in [0.15, 0.2) is 30.3 Å². The molecule has 0 spiro atoms. The molecule has 3 heteroatoms. The average Bonchev–Trinajstić information content (AvgIpc) is 2.38. The third kappa shape index (κ3) is 3.28. The second-order valence-corrected chi connectivity index (χ2v) is 4.74. The van der Waals surface area contributed by atoms with E-state index in [0.29, 0.717) is 18.6 Å². The lowest BCUT2D eigenvalue weighted by molar-refractivity contribution is -0.0201. The van der Waals surface area contributed by atoms with Crippen LogP contribution in [0.4, 0.5) is 0 Å². The number of nitrogens with zero attached hydrogens (tertiary/aromatic N) is 1. The minimum Gasteiger partial charge on any atom is -0.379 e. The van der Waals surface area contributed by atoms with E-state index < -0.39 is 0 Å². The largest absolute Gasteiger partial charge is 0.379 e. The molecule has 2 atom stereocenters. The van der Waals surface area contributed by atoms with Crippen molar-refractivity contribution in [2.75, 3.05) is 26.3 Å². The van der Waals surface area contributed by atoms with E-state index in [4.69, 9.17) is 10.5 Å². The van der Waals surface area contributed by atoms with E-state index >= 15 is 0 Å². The fourth-order valence-electron chi connectivity index (χ4n) is 2.50. The number of ether oxygens (including phenoxy) is 1. The van der Waals surface area contributed by atoms with Gasteiger partial charge in [-0.3, -0.25) is 4.90 Å². The average molecular weight is 234 g/mol. The zero-order valence-electron chi connectivity index (χ0n) is 10.5. The number of benzene rings is 1. The summed E-state index contributed by atoms with van der Waals surface area (Å²) in [4.78, 5) is 2.48. The van der Waals surface area contributed by atoms with Crippen molar-refractivity contribution in [3.05, 3.63) is 35.9 Å². The molecule has 17 heavy (non-hydrogen) atoms. The van der Waals surface area contributed by atoms with E-state index in [1.165, 1.54) is 5.56 Å². The van der Waals surface area contributed by atoms with Crippen LogP contribution in [0.3, 0.4) is 0 Å². The molecule has 0 aliphatic carbocycles. The Balaban J connectivity index is 2.00. The summed E-state index contributed by atoms with van der Waals surface area (Å²) in [6.07, 6.45) is 1.03. The summed E-state index contributed by atoms with van der Waals surface area (Å²) in [5.74, 6) is 0. The molecule has 2 rings (SSSR count). The zero-order valence-corrected chi connectivity index (χ0v) is 10.5. The van der Waals surface area contributed by atoms with E-state index in [9.17, 15) is 0 Å². The molecule has 1 heterocycles. The van der Waals surface area contributed by atoms with E-state index in [1.807, 2.05) is 0 Å². The van der Waals surface area contributed by atoms with Crippen molar-refractivity contribution in [3.63, 3.8) is 0 Å². The summed E-state index contributed by atoms with van der Waals surface area (Å²) in [7, 11) is 0. The third-order valence-corrected chi connectivity index (χ3v) is 3.47. The fourth-order valence-corrected chi connectivity index (χ4v) is 2.50. The van der Waals surface area contributed by atoms with Crippen molar-refractivity contribution in [1.82, 2.24) is 4.90 Å². The lowest BCUT2D eigenvalue weighted by atomic mass is 10.0. The molecule has 0 amide bonds. The van der Waals surface area contributed by atoms with Crippen LogP contribution in [0.5, 0.6) is 0 Å². The smallest absolute Gasteiger partial charge is 0.0619 e. The van der Waals surface area contributed by atoms with E-state index in [-0.39, 0.29) is 0 Å². The molecule has 1 fully saturated rings. The highest BCUT2D eigenvalue weighted by Gasteiger charge is 2.25. The highest BCUT2D eigenvalue weighted by atomic mass is 16.5. The fraction of sp³-hybridized carbons (Fsp3) is 0.571. The first-order valence-corrected chi connectivity index (χ1v) is 6.38. The van der Waals surface area contributed by atoms with Gasteiger partial charge in [-0.25, -0.2) is 0 Å². The molecule has 1 saturated heterocycles. The molecule has 0 aromatic heterocycles. The molecule has 2 unspecified atom stereocenters. The number of hydrogen-bond donors (Lipinski definition) is 1. The van der Waals surface area contributed by atoms with Crippen LogP contribution in [-0.2, 0) is 11.2 Å². The summed E-state index contributed by atoms with van der Waals surface area (Å²) >= 11 is 0. The van der Waals surface area contributed by atoms with Crippen LogP contribution < -0.4 is 5.73 Å². The third-order valence-electron chi connectivity index (χ3n) is 3.47.